The minimum absolute atomic E-state index is 0.0160. The van der Waals surface area contributed by atoms with Crippen molar-refractivity contribution < 1.29 is 13.6 Å². The van der Waals surface area contributed by atoms with E-state index in [1.807, 2.05) is 32.1 Å². The zero-order chi connectivity index (χ0) is 22.1. The fourth-order valence-electron chi connectivity index (χ4n) is 4.42. The Morgan fingerprint density at radius 3 is 2.48 bits per heavy atom. The van der Waals surface area contributed by atoms with Gasteiger partial charge >= 0.3 is 0 Å². The van der Waals surface area contributed by atoms with Crippen molar-refractivity contribution in [1.82, 2.24) is 15.3 Å². The summed E-state index contributed by atoms with van der Waals surface area (Å²) in [5.74, 6) is -0.325. The highest BCUT2D eigenvalue weighted by Gasteiger charge is 2.44. The zero-order valence-corrected chi connectivity index (χ0v) is 18.2. The van der Waals surface area contributed by atoms with Crippen molar-refractivity contribution in [3.63, 3.8) is 0 Å². The third-order valence-corrected chi connectivity index (χ3v) is 6.27. The molecule has 6 nitrogen and oxygen atoms in total. The van der Waals surface area contributed by atoms with Gasteiger partial charge in [0.1, 0.15) is 5.82 Å². The zero-order valence-electron chi connectivity index (χ0n) is 18.2. The second-order valence-electron chi connectivity index (χ2n) is 8.92. The fourth-order valence-corrected chi connectivity index (χ4v) is 4.42. The van der Waals surface area contributed by atoms with E-state index in [-0.39, 0.29) is 29.8 Å². The molecule has 2 saturated carbocycles. The average Bonchev–Trinajstić information content (AvgIpc) is 3.54. The summed E-state index contributed by atoms with van der Waals surface area (Å²) >= 11 is 0. The van der Waals surface area contributed by atoms with Crippen molar-refractivity contribution in [2.45, 2.75) is 57.0 Å². The molecule has 0 unspecified atom stereocenters. The van der Waals surface area contributed by atoms with E-state index in [0.29, 0.717) is 17.9 Å². The first kappa shape index (κ1) is 21.5. The number of halogens is 2. The Morgan fingerprint density at radius 2 is 1.81 bits per heavy atom. The highest BCUT2D eigenvalue weighted by atomic mass is 19.2. The number of benzene rings is 1. The van der Waals surface area contributed by atoms with Gasteiger partial charge in [0.25, 0.3) is 0 Å². The number of anilines is 2. The second kappa shape index (κ2) is 8.77. The number of amides is 1. The third-order valence-electron chi connectivity index (χ3n) is 6.27. The number of carbonyl (C=O) groups is 1. The molecule has 2 aromatic rings. The Bertz CT molecular complexity index is 959. The van der Waals surface area contributed by atoms with E-state index in [1.54, 1.807) is 6.07 Å². The lowest BCUT2D eigenvalue weighted by Crippen LogP contribution is -2.41. The first-order valence-corrected chi connectivity index (χ1v) is 10.8. The molecule has 1 aromatic carbocycles. The molecule has 2 atom stereocenters. The summed E-state index contributed by atoms with van der Waals surface area (Å²) in [4.78, 5) is 23.6. The summed E-state index contributed by atoms with van der Waals surface area (Å²) < 4.78 is 26.6. The lowest BCUT2D eigenvalue weighted by Gasteiger charge is -2.30. The van der Waals surface area contributed by atoms with Crippen LogP contribution in [0.1, 0.15) is 49.1 Å². The molecule has 166 valence electrons. The Labute approximate surface area is 181 Å². The molecule has 0 saturated heterocycles. The van der Waals surface area contributed by atoms with Gasteiger partial charge in [-0.1, -0.05) is 6.07 Å². The Kier molecular flexibility index (Phi) is 6.07. The molecule has 2 fully saturated rings. The SMILES string of the molecule is Cc1cnc(N[C@H]2CC[C@@H](NC(=O)[C@@H]3C[C@H]3c3ccc(F)c(F)c3)CC2)nc1N(C)C. The summed E-state index contributed by atoms with van der Waals surface area (Å²) in [5.41, 5.74) is 1.73. The van der Waals surface area contributed by atoms with Crippen LogP contribution in [0.2, 0.25) is 0 Å². The van der Waals surface area contributed by atoms with Crippen LogP contribution in [0.4, 0.5) is 20.5 Å². The van der Waals surface area contributed by atoms with Crippen LogP contribution in [0.5, 0.6) is 0 Å². The largest absolute Gasteiger partial charge is 0.362 e. The van der Waals surface area contributed by atoms with E-state index in [4.69, 9.17) is 0 Å². The van der Waals surface area contributed by atoms with Gasteiger partial charge in [0.2, 0.25) is 11.9 Å². The average molecular weight is 430 g/mol. The lowest BCUT2D eigenvalue weighted by atomic mass is 9.91. The second-order valence-corrected chi connectivity index (χ2v) is 8.92. The van der Waals surface area contributed by atoms with Gasteiger partial charge in [-0.3, -0.25) is 4.79 Å². The Balaban J connectivity index is 1.25. The van der Waals surface area contributed by atoms with Gasteiger partial charge in [0, 0.05) is 43.9 Å². The topological polar surface area (TPSA) is 70.1 Å². The number of hydrogen-bond donors (Lipinski definition) is 2. The number of carbonyl (C=O) groups excluding carboxylic acids is 1. The van der Waals surface area contributed by atoms with Crippen molar-refractivity contribution in [2.24, 2.45) is 5.92 Å². The third kappa shape index (κ3) is 4.94. The Hall–Kier alpha value is -2.77. The predicted molar refractivity (Wildman–Crippen MR) is 116 cm³/mol. The lowest BCUT2D eigenvalue weighted by molar-refractivity contribution is -0.123. The van der Waals surface area contributed by atoms with E-state index < -0.39 is 11.6 Å². The van der Waals surface area contributed by atoms with Crippen LogP contribution in [0.15, 0.2) is 24.4 Å². The molecule has 0 radical (unpaired) electrons. The van der Waals surface area contributed by atoms with Crippen molar-refractivity contribution in [1.29, 1.82) is 0 Å². The molecule has 4 rings (SSSR count). The van der Waals surface area contributed by atoms with E-state index in [2.05, 4.69) is 20.6 Å². The molecule has 0 spiro atoms. The van der Waals surface area contributed by atoms with Gasteiger partial charge in [-0.15, -0.1) is 0 Å². The maximum atomic E-state index is 13.4. The number of nitrogens with zero attached hydrogens (tertiary/aromatic N) is 3. The van der Waals surface area contributed by atoms with Gasteiger partial charge in [-0.2, -0.15) is 4.98 Å². The van der Waals surface area contributed by atoms with Crippen molar-refractivity contribution in [3.8, 4) is 0 Å². The van der Waals surface area contributed by atoms with Gasteiger partial charge in [-0.05, 0) is 62.6 Å². The molecule has 1 aromatic heterocycles. The summed E-state index contributed by atoms with van der Waals surface area (Å²) in [7, 11) is 3.92. The minimum Gasteiger partial charge on any atom is -0.362 e. The number of nitrogens with one attached hydrogen (secondary N) is 2. The highest BCUT2D eigenvalue weighted by molar-refractivity contribution is 5.83. The normalized spacial score (nSPS) is 25.1. The van der Waals surface area contributed by atoms with Crippen molar-refractivity contribution >= 4 is 17.7 Å². The van der Waals surface area contributed by atoms with Crippen LogP contribution in [0.3, 0.4) is 0 Å². The standard InChI is InChI=1S/C23H29F2N5O/c1-13-12-26-23(29-21(13)30(2)3)28-16-7-5-15(6-8-16)27-22(31)18-11-17(18)14-4-9-19(24)20(25)10-14/h4,9-10,12,15-18H,5-8,11H2,1-3H3,(H,27,31)(H,26,28,29)/t15-,16+,17-,18+/m0/s1. The van der Waals surface area contributed by atoms with E-state index in [0.717, 1.165) is 43.1 Å². The summed E-state index contributed by atoms with van der Waals surface area (Å²) in [6.07, 6.45) is 6.15. The number of aryl methyl sites for hydroxylation is 1. The maximum Gasteiger partial charge on any atom is 0.224 e. The highest BCUT2D eigenvalue weighted by Crippen LogP contribution is 2.48. The number of hydrogen-bond acceptors (Lipinski definition) is 5. The molecule has 2 aliphatic carbocycles. The quantitative estimate of drug-likeness (QED) is 0.732. The first-order valence-electron chi connectivity index (χ1n) is 10.8. The summed E-state index contributed by atoms with van der Waals surface area (Å²) in [6.45, 7) is 1.99. The van der Waals surface area contributed by atoms with Crippen LogP contribution in [-0.2, 0) is 4.79 Å². The molecule has 0 aliphatic heterocycles. The predicted octanol–water partition coefficient (Wildman–Crippen LogP) is 3.77. The number of aromatic nitrogens is 2. The summed E-state index contributed by atoms with van der Waals surface area (Å²) in [5, 5.41) is 6.57. The molecule has 31 heavy (non-hydrogen) atoms. The molecular formula is C23H29F2N5O. The van der Waals surface area contributed by atoms with E-state index in [1.165, 1.54) is 6.07 Å². The fraction of sp³-hybridized carbons (Fsp3) is 0.522. The van der Waals surface area contributed by atoms with E-state index >= 15 is 0 Å². The van der Waals surface area contributed by atoms with Crippen LogP contribution < -0.4 is 15.5 Å². The maximum absolute atomic E-state index is 13.4. The van der Waals surface area contributed by atoms with Gasteiger partial charge in [0.15, 0.2) is 11.6 Å². The Morgan fingerprint density at radius 1 is 1.10 bits per heavy atom. The van der Waals surface area contributed by atoms with E-state index in [9.17, 15) is 13.6 Å². The van der Waals surface area contributed by atoms with Crippen LogP contribution in [-0.4, -0.2) is 42.1 Å². The minimum atomic E-state index is -0.857. The molecule has 0 bridgehead atoms. The number of rotatable bonds is 6. The monoisotopic (exact) mass is 429 g/mol. The van der Waals surface area contributed by atoms with Gasteiger partial charge < -0.3 is 15.5 Å². The smallest absolute Gasteiger partial charge is 0.224 e. The molecule has 8 heteroatoms. The van der Waals surface area contributed by atoms with Crippen LogP contribution in [0, 0.1) is 24.5 Å². The van der Waals surface area contributed by atoms with Crippen LogP contribution in [0.25, 0.3) is 0 Å². The van der Waals surface area contributed by atoms with Gasteiger partial charge in [-0.25, -0.2) is 13.8 Å². The summed E-state index contributed by atoms with van der Waals surface area (Å²) in [6, 6.07) is 4.34. The van der Waals surface area contributed by atoms with Gasteiger partial charge in [0.05, 0.1) is 0 Å². The molecule has 1 amide bonds. The van der Waals surface area contributed by atoms with Crippen molar-refractivity contribution in [3.05, 3.63) is 47.2 Å². The van der Waals surface area contributed by atoms with Crippen LogP contribution >= 0.6 is 0 Å². The molecular weight excluding hydrogens is 400 g/mol. The first-order chi connectivity index (χ1) is 14.8. The molecule has 2 N–H and O–H groups in total. The molecule has 1 heterocycles. The molecule has 2 aliphatic rings. The van der Waals surface area contributed by atoms with Crippen molar-refractivity contribution in [2.75, 3.05) is 24.3 Å².